The van der Waals surface area contributed by atoms with Crippen molar-refractivity contribution in [3.63, 3.8) is 0 Å². The van der Waals surface area contributed by atoms with E-state index in [-0.39, 0.29) is 30.6 Å². The van der Waals surface area contributed by atoms with Crippen molar-refractivity contribution < 1.29 is 18.5 Å². The number of phosphoric acid groups is 1. The van der Waals surface area contributed by atoms with Crippen LogP contribution in [0.25, 0.3) is 0 Å². The Labute approximate surface area is 96.7 Å². The zero-order valence-electron chi connectivity index (χ0n) is 8.94. The van der Waals surface area contributed by atoms with E-state index in [0.29, 0.717) is 0 Å². The lowest BCUT2D eigenvalue weighted by molar-refractivity contribution is 0.146. The van der Waals surface area contributed by atoms with Gasteiger partial charge in [-0.1, -0.05) is 26.7 Å². The van der Waals surface area contributed by atoms with Gasteiger partial charge in [0.25, 0.3) is 0 Å². The summed E-state index contributed by atoms with van der Waals surface area (Å²) in [7, 11) is -3.75. The number of rotatable bonds is 8. The second-order valence-corrected chi connectivity index (χ2v) is 4.30. The summed E-state index contributed by atoms with van der Waals surface area (Å²) >= 11 is 0. The molecule has 0 saturated heterocycles. The van der Waals surface area contributed by atoms with Gasteiger partial charge in [0.15, 0.2) is 0 Å². The highest BCUT2D eigenvalue weighted by molar-refractivity contribution is 7.47. The lowest BCUT2D eigenvalue weighted by atomic mass is 10.4. The lowest BCUT2D eigenvalue weighted by Gasteiger charge is -2.10. The third kappa shape index (κ3) is 10.7. The van der Waals surface area contributed by atoms with Crippen LogP contribution < -0.4 is 0 Å². The van der Waals surface area contributed by atoms with E-state index in [0.717, 1.165) is 25.7 Å². The molecular weight excluding hydrogens is 218 g/mol. The van der Waals surface area contributed by atoms with Gasteiger partial charge in [-0.05, 0) is 12.8 Å². The van der Waals surface area contributed by atoms with Crippen molar-refractivity contribution in [2.45, 2.75) is 39.5 Å². The maximum Gasteiger partial charge on any atom is 0.472 e. The molecule has 0 aromatic heterocycles. The molecule has 0 aromatic rings. The van der Waals surface area contributed by atoms with Crippen molar-refractivity contribution in [1.82, 2.24) is 0 Å². The highest BCUT2D eigenvalue weighted by atomic mass is 31.2. The summed E-state index contributed by atoms with van der Waals surface area (Å²) < 4.78 is 20.5. The topological polar surface area (TPSA) is 55.8 Å². The zero-order valence-corrected chi connectivity index (χ0v) is 11.0. The van der Waals surface area contributed by atoms with Crippen LogP contribution in [-0.4, -0.2) is 35.5 Å². The molecule has 0 atom stereocenters. The van der Waals surface area contributed by atoms with Gasteiger partial charge in [0.1, 0.15) is 0 Å². The van der Waals surface area contributed by atoms with E-state index in [4.69, 9.17) is 13.9 Å². The van der Waals surface area contributed by atoms with Crippen molar-refractivity contribution in [2.75, 3.05) is 13.2 Å². The number of unbranched alkanes of at least 4 members (excludes halogenated alkanes) is 2. The van der Waals surface area contributed by atoms with E-state index >= 15 is 0 Å². The molecule has 14 heavy (non-hydrogen) atoms. The Hall–Kier alpha value is 0.642. The van der Waals surface area contributed by atoms with Crippen molar-refractivity contribution in [2.24, 2.45) is 0 Å². The van der Waals surface area contributed by atoms with Crippen LogP contribution in [0.3, 0.4) is 0 Å². The first-order valence-corrected chi connectivity index (χ1v) is 6.23. The van der Waals surface area contributed by atoms with E-state index in [9.17, 15) is 4.57 Å². The monoisotopic (exact) mass is 237 g/mol. The van der Waals surface area contributed by atoms with Crippen LogP contribution in [0.4, 0.5) is 0 Å². The fourth-order valence-corrected chi connectivity index (χ4v) is 1.48. The molecule has 0 amide bonds. The smallest absolute Gasteiger partial charge is 0.302 e. The lowest BCUT2D eigenvalue weighted by Crippen LogP contribution is -1.98. The molecule has 3 radical (unpaired) electrons. The van der Waals surface area contributed by atoms with E-state index in [2.05, 4.69) is 0 Å². The molecule has 4 nitrogen and oxygen atoms in total. The molecule has 0 fully saturated rings. The predicted octanol–water partition coefficient (Wildman–Crippen LogP) is 2.34. The second kappa shape index (κ2) is 10.2. The second-order valence-electron chi connectivity index (χ2n) is 2.84. The van der Waals surface area contributed by atoms with Crippen molar-refractivity contribution in [3.8, 4) is 0 Å². The molecule has 6 heteroatoms. The molecular formula is C8H19AlO4P. The van der Waals surface area contributed by atoms with Gasteiger partial charge >= 0.3 is 7.82 Å². The molecule has 0 aliphatic rings. The summed E-state index contributed by atoms with van der Waals surface area (Å²) in [5.74, 6) is 0. The Morgan fingerprint density at radius 1 is 1.07 bits per heavy atom. The molecule has 1 N–H and O–H groups in total. The Morgan fingerprint density at radius 3 is 1.71 bits per heavy atom. The molecule has 0 unspecified atom stereocenters. The largest absolute Gasteiger partial charge is 0.472 e. The molecule has 83 valence electrons. The van der Waals surface area contributed by atoms with E-state index in [1.165, 1.54) is 0 Å². The Bertz CT molecular complexity index is 151. The molecule has 0 heterocycles. The van der Waals surface area contributed by atoms with Gasteiger partial charge in [-0.15, -0.1) is 0 Å². The van der Waals surface area contributed by atoms with Crippen molar-refractivity contribution in [1.29, 1.82) is 0 Å². The SMILES string of the molecule is CCCCOP(=O)(O)OCCCC.[Al]. The molecule has 0 bridgehead atoms. The van der Waals surface area contributed by atoms with Crippen LogP contribution in [0.2, 0.25) is 0 Å². The Kier molecular flexibility index (Phi) is 12.4. The summed E-state index contributed by atoms with van der Waals surface area (Å²) in [6.45, 7) is 4.56. The predicted molar refractivity (Wildman–Crippen MR) is 57.3 cm³/mol. The number of hydrogen-bond acceptors (Lipinski definition) is 3. The summed E-state index contributed by atoms with van der Waals surface area (Å²) in [4.78, 5) is 9.08. The minimum Gasteiger partial charge on any atom is -0.302 e. The van der Waals surface area contributed by atoms with E-state index in [1.807, 2.05) is 13.8 Å². The van der Waals surface area contributed by atoms with E-state index < -0.39 is 7.82 Å². The standard InChI is InChI=1S/C8H19O4P.Al/c1-3-5-7-11-13(9,10)12-8-6-4-2;/h3-8H2,1-2H3,(H,9,10);. The first-order valence-electron chi connectivity index (χ1n) is 4.74. The fourth-order valence-electron chi connectivity index (χ4n) is 0.686. The average Bonchev–Trinajstić information content (AvgIpc) is 2.05. The minimum absolute atomic E-state index is 0. The summed E-state index contributed by atoms with van der Waals surface area (Å²) in [5.41, 5.74) is 0. The normalized spacial score (nSPS) is 11.1. The van der Waals surface area contributed by atoms with E-state index in [1.54, 1.807) is 0 Å². The van der Waals surface area contributed by atoms with Crippen LogP contribution in [-0.2, 0) is 13.6 Å². The van der Waals surface area contributed by atoms with Crippen molar-refractivity contribution in [3.05, 3.63) is 0 Å². The molecule has 0 rings (SSSR count). The highest BCUT2D eigenvalue weighted by Gasteiger charge is 2.19. The van der Waals surface area contributed by atoms with Crippen LogP contribution >= 0.6 is 7.82 Å². The van der Waals surface area contributed by atoms with Crippen LogP contribution in [0.1, 0.15) is 39.5 Å². The number of phosphoric ester groups is 1. The molecule has 0 aliphatic carbocycles. The summed E-state index contributed by atoms with van der Waals surface area (Å²) in [6.07, 6.45) is 3.44. The Morgan fingerprint density at radius 2 is 1.43 bits per heavy atom. The molecule has 0 spiro atoms. The maximum absolute atomic E-state index is 11.1. The molecule has 0 aromatic carbocycles. The average molecular weight is 237 g/mol. The first kappa shape index (κ1) is 17.1. The summed E-state index contributed by atoms with van der Waals surface area (Å²) in [6, 6.07) is 0. The first-order chi connectivity index (χ1) is 6.12. The molecule has 0 saturated carbocycles. The van der Waals surface area contributed by atoms with Gasteiger partial charge in [0.05, 0.1) is 13.2 Å². The third-order valence-electron chi connectivity index (χ3n) is 1.50. The van der Waals surface area contributed by atoms with Gasteiger partial charge < -0.3 is 4.89 Å². The van der Waals surface area contributed by atoms with Gasteiger partial charge in [-0.25, -0.2) is 4.57 Å². The highest BCUT2D eigenvalue weighted by Crippen LogP contribution is 2.43. The van der Waals surface area contributed by atoms with Crippen LogP contribution in [0.5, 0.6) is 0 Å². The fraction of sp³-hybridized carbons (Fsp3) is 1.00. The van der Waals surface area contributed by atoms with Gasteiger partial charge in [-0.2, -0.15) is 0 Å². The third-order valence-corrected chi connectivity index (χ3v) is 2.52. The van der Waals surface area contributed by atoms with Gasteiger partial charge in [0, 0.05) is 17.4 Å². The quantitative estimate of drug-likeness (QED) is 0.400. The summed E-state index contributed by atoms with van der Waals surface area (Å²) in [5, 5.41) is 0. The molecule has 0 aliphatic heterocycles. The number of hydrogen-bond donors (Lipinski definition) is 1. The van der Waals surface area contributed by atoms with Gasteiger partial charge in [-0.3, -0.25) is 9.05 Å². The Balaban J connectivity index is 0. The maximum atomic E-state index is 11.1. The van der Waals surface area contributed by atoms with Crippen LogP contribution in [0, 0.1) is 0 Å². The van der Waals surface area contributed by atoms with Crippen LogP contribution in [0.15, 0.2) is 0 Å². The van der Waals surface area contributed by atoms with Crippen molar-refractivity contribution >= 4 is 25.2 Å². The minimum atomic E-state index is -3.75. The van der Waals surface area contributed by atoms with Gasteiger partial charge in [0.2, 0.25) is 0 Å². The zero-order chi connectivity index (χ0) is 10.2.